The lowest BCUT2D eigenvalue weighted by Gasteiger charge is -2.33. The summed E-state index contributed by atoms with van der Waals surface area (Å²) in [7, 11) is 0. The number of para-hydroxylation sites is 2. The molecule has 0 N–H and O–H groups in total. The molecule has 1 heterocycles. The van der Waals surface area contributed by atoms with Crippen molar-refractivity contribution in [2.24, 2.45) is 0 Å². The lowest BCUT2D eigenvalue weighted by Crippen LogP contribution is -2.32. The van der Waals surface area contributed by atoms with Crippen LogP contribution in [0.25, 0.3) is 16.2 Å². The lowest BCUT2D eigenvalue weighted by molar-refractivity contribution is 0.773. The van der Waals surface area contributed by atoms with Crippen molar-refractivity contribution in [3.8, 4) is 0 Å². The Labute approximate surface area is 171 Å². The van der Waals surface area contributed by atoms with Crippen LogP contribution in [0.1, 0.15) is 10.4 Å². The number of rotatable bonds is 3. The van der Waals surface area contributed by atoms with Gasteiger partial charge in [-0.25, -0.2) is 0 Å². The van der Waals surface area contributed by atoms with Gasteiger partial charge in [-0.3, -0.25) is 0 Å². The van der Waals surface area contributed by atoms with E-state index in [4.69, 9.17) is 0 Å². The number of nitrogens with zero attached hydrogens (tertiary/aromatic N) is 1. The van der Waals surface area contributed by atoms with Crippen LogP contribution in [0.5, 0.6) is 0 Å². The zero-order chi connectivity index (χ0) is 18.2. The van der Waals surface area contributed by atoms with Gasteiger partial charge in [-0.2, -0.15) is 0 Å². The summed E-state index contributed by atoms with van der Waals surface area (Å²) in [6, 6.07) is 28.3. The van der Waals surface area contributed by atoms with E-state index in [-0.39, 0.29) is 0 Å². The molecule has 1 nitrogen and oxygen atoms in total. The Balaban J connectivity index is 1.59. The predicted molar refractivity (Wildman–Crippen MR) is 121 cm³/mol. The average molecular weight is 432 g/mol. The van der Waals surface area contributed by atoms with Crippen LogP contribution in [0.15, 0.2) is 89.4 Å². The van der Waals surface area contributed by atoms with Crippen molar-refractivity contribution >= 4 is 54.8 Å². The van der Waals surface area contributed by atoms with Gasteiger partial charge in [0.05, 0.1) is 6.04 Å². The van der Waals surface area contributed by atoms with Crippen LogP contribution >= 0.6 is 27.3 Å². The minimum Gasteiger partial charge on any atom is -0.334 e. The molecule has 3 aromatic carbocycles. The van der Waals surface area contributed by atoms with Gasteiger partial charge in [0.15, 0.2) is 0 Å². The highest BCUT2D eigenvalue weighted by Gasteiger charge is 2.25. The molecule has 1 unspecified atom stereocenters. The number of thiophene rings is 1. The summed E-state index contributed by atoms with van der Waals surface area (Å²) >= 11 is 5.49. The number of hydrogen-bond donors (Lipinski definition) is 0. The molecule has 0 amide bonds. The van der Waals surface area contributed by atoms with Gasteiger partial charge in [0.2, 0.25) is 0 Å². The summed E-state index contributed by atoms with van der Waals surface area (Å²) in [4.78, 5) is 3.84. The topological polar surface area (TPSA) is 3.24 Å². The van der Waals surface area contributed by atoms with E-state index in [9.17, 15) is 0 Å². The van der Waals surface area contributed by atoms with Gasteiger partial charge in [-0.15, -0.1) is 11.3 Å². The molecular formula is C24H18BrNS. The van der Waals surface area contributed by atoms with Crippen LogP contribution in [-0.4, -0.2) is 6.04 Å². The first-order chi connectivity index (χ1) is 13.3. The van der Waals surface area contributed by atoms with E-state index in [1.807, 2.05) is 11.3 Å². The molecule has 0 radical (unpaired) electrons. The Bertz CT molecular complexity index is 1080. The minimum absolute atomic E-state index is 0.295. The van der Waals surface area contributed by atoms with Crippen molar-refractivity contribution in [2.75, 3.05) is 4.90 Å². The van der Waals surface area contributed by atoms with E-state index in [1.165, 1.54) is 31.9 Å². The van der Waals surface area contributed by atoms with E-state index in [0.717, 1.165) is 10.9 Å². The molecule has 1 atom stereocenters. The number of benzene rings is 3. The molecule has 0 fully saturated rings. The molecule has 0 aliphatic heterocycles. The van der Waals surface area contributed by atoms with E-state index in [1.54, 1.807) is 0 Å². The third kappa shape index (κ3) is 3.11. The Morgan fingerprint density at radius 2 is 1.52 bits per heavy atom. The third-order valence-corrected chi connectivity index (χ3v) is 6.72. The monoisotopic (exact) mass is 431 g/mol. The number of fused-ring (bicyclic) bond motifs is 3. The maximum absolute atomic E-state index is 3.60. The standard InChI is InChI=1S/C24H18BrNS/c25-17-11-13-21-22-16-20(12-14-23(22)27-24(21)15-17)26(18-7-3-1-4-8-18)19-9-5-2-6-10-19/h1-15,20H,16H2. The predicted octanol–water partition coefficient (Wildman–Crippen LogP) is 7.44. The molecule has 3 heteroatoms. The van der Waals surface area contributed by atoms with Gasteiger partial charge in [0.25, 0.3) is 0 Å². The van der Waals surface area contributed by atoms with Crippen molar-refractivity contribution in [2.45, 2.75) is 12.5 Å². The Hall–Kier alpha value is -2.36. The minimum atomic E-state index is 0.295. The zero-order valence-electron chi connectivity index (χ0n) is 14.7. The van der Waals surface area contributed by atoms with Gasteiger partial charge >= 0.3 is 0 Å². The van der Waals surface area contributed by atoms with Crippen LogP contribution in [0.3, 0.4) is 0 Å². The summed E-state index contributed by atoms with van der Waals surface area (Å²) in [6.45, 7) is 0. The summed E-state index contributed by atoms with van der Waals surface area (Å²) in [6.07, 6.45) is 5.67. The molecule has 5 rings (SSSR count). The molecule has 27 heavy (non-hydrogen) atoms. The fourth-order valence-electron chi connectivity index (χ4n) is 3.85. The lowest BCUT2D eigenvalue weighted by atomic mass is 9.95. The summed E-state index contributed by atoms with van der Waals surface area (Å²) in [5.41, 5.74) is 3.92. The summed E-state index contributed by atoms with van der Waals surface area (Å²) in [5.74, 6) is 0. The van der Waals surface area contributed by atoms with Gasteiger partial charge in [-0.1, -0.05) is 64.5 Å². The second-order valence-corrected chi connectivity index (χ2v) is 8.76. The van der Waals surface area contributed by atoms with Crippen molar-refractivity contribution in [3.63, 3.8) is 0 Å². The number of halogens is 1. The van der Waals surface area contributed by atoms with Crippen LogP contribution in [0, 0.1) is 0 Å². The van der Waals surface area contributed by atoms with E-state index in [2.05, 4.69) is 112 Å². The van der Waals surface area contributed by atoms with E-state index < -0.39 is 0 Å². The number of anilines is 2. The molecular weight excluding hydrogens is 414 g/mol. The van der Waals surface area contributed by atoms with Gasteiger partial charge in [0.1, 0.15) is 0 Å². The van der Waals surface area contributed by atoms with Crippen molar-refractivity contribution in [1.82, 2.24) is 0 Å². The Morgan fingerprint density at radius 3 is 2.19 bits per heavy atom. The van der Waals surface area contributed by atoms with Crippen LogP contribution in [-0.2, 0) is 6.42 Å². The molecule has 0 saturated heterocycles. The van der Waals surface area contributed by atoms with Gasteiger partial charge < -0.3 is 4.90 Å². The van der Waals surface area contributed by atoms with E-state index in [0.29, 0.717) is 6.04 Å². The highest BCUT2D eigenvalue weighted by molar-refractivity contribution is 9.10. The van der Waals surface area contributed by atoms with Gasteiger partial charge in [-0.05, 0) is 59.8 Å². The third-order valence-electron chi connectivity index (χ3n) is 5.07. The van der Waals surface area contributed by atoms with Crippen LogP contribution in [0.4, 0.5) is 11.4 Å². The molecule has 0 bridgehead atoms. The molecule has 1 aromatic heterocycles. The zero-order valence-corrected chi connectivity index (χ0v) is 17.1. The molecule has 4 aromatic rings. The van der Waals surface area contributed by atoms with Crippen molar-refractivity contribution in [1.29, 1.82) is 0 Å². The highest BCUT2D eigenvalue weighted by atomic mass is 79.9. The SMILES string of the molecule is Brc1ccc2c3c(sc2c1)C=CC(N(c1ccccc1)c1ccccc1)C3. The first-order valence-electron chi connectivity index (χ1n) is 9.08. The smallest absolute Gasteiger partial charge is 0.0566 e. The van der Waals surface area contributed by atoms with Gasteiger partial charge in [0, 0.05) is 25.4 Å². The van der Waals surface area contributed by atoms with Crippen LogP contribution < -0.4 is 4.90 Å². The fourth-order valence-corrected chi connectivity index (χ4v) is 5.55. The highest BCUT2D eigenvalue weighted by Crippen LogP contribution is 2.40. The van der Waals surface area contributed by atoms with E-state index >= 15 is 0 Å². The second-order valence-electron chi connectivity index (χ2n) is 6.76. The van der Waals surface area contributed by atoms with Crippen molar-refractivity contribution in [3.05, 3.63) is 99.9 Å². The Kier molecular flexibility index (Phi) is 4.35. The molecule has 1 aliphatic carbocycles. The normalized spacial score (nSPS) is 15.7. The fraction of sp³-hybridized carbons (Fsp3) is 0.0833. The maximum Gasteiger partial charge on any atom is 0.0566 e. The first-order valence-corrected chi connectivity index (χ1v) is 10.7. The summed E-state index contributed by atoms with van der Waals surface area (Å²) in [5, 5.41) is 1.38. The average Bonchev–Trinajstić information content (AvgIpc) is 3.07. The molecule has 0 spiro atoms. The Morgan fingerprint density at radius 1 is 0.852 bits per heavy atom. The largest absolute Gasteiger partial charge is 0.334 e. The molecule has 1 aliphatic rings. The molecule has 0 saturated carbocycles. The van der Waals surface area contributed by atoms with Crippen LogP contribution in [0.2, 0.25) is 0 Å². The quantitative estimate of drug-likeness (QED) is 0.325. The molecule has 132 valence electrons. The summed E-state index contributed by atoms with van der Waals surface area (Å²) < 4.78 is 2.50. The van der Waals surface area contributed by atoms with Crippen molar-refractivity contribution < 1.29 is 0 Å². The number of hydrogen-bond acceptors (Lipinski definition) is 2. The first kappa shape index (κ1) is 16.8. The second kappa shape index (κ2) is 6.99. The maximum atomic E-state index is 3.60.